The molecule has 2 aromatic heterocycles. The predicted molar refractivity (Wildman–Crippen MR) is 112 cm³/mol. The second kappa shape index (κ2) is 7.35. The first kappa shape index (κ1) is 20.5. The highest BCUT2D eigenvalue weighted by Crippen LogP contribution is 2.32. The largest absolute Gasteiger partial charge is 0.368 e. The molecule has 0 bridgehead atoms. The number of anilines is 1. The maximum Gasteiger partial charge on any atom is 0.228 e. The summed E-state index contributed by atoms with van der Waals surface area (Å²) in [6, 6.07) is 1.94. The smallest absolute Gasteiger partial charge is 0.228 e. The zero-order chi connectivity index (χ0) is 22.7. The van der Waals surface area contributed by atoms with Crippen LogP contribution in [-0.2, 0) is 9.59 Å². The Morgan fingerprint density at radius 2 is 1.97 bits per heavy atom. The average Bonchev–Trinajstić information content (AvgIpc) is 3.34. The van der Waals surface area contributed by atoms with Crippen molar-refractivity contribution < 1.29 is 18.4 Å². The average molecular weight is 443 g/mol. The summed E-state index contributed by atoms with van der Waals surface area (Å²) in [7, 11) is 1.70. The number of hydrogen-bond acceptors (Lipinski definition) is 6. The number of rotatable bonds is 2. The molecule has 2 aliphatic heterocycles. The van der Waals surface area contributed by atoms with Gasteiger partial charge >= 0.3 is 0 Å². The topological polar surface area (TPSA) is 110 Å². The van der Waals surface area contributed by atoms with Gasteiger partial charge in [-0.3, -0.25) is 9.59 Å². The van der Waals surface area contributed by atoms with Crippen molar-refractivity contribution in [1.82, 2.24) is 29.4 Å². The number of fused-ring (bicyclic) bond motifs is 3. The quantitative estimate of drug-likeness (QED) is 0.646. The third kappa shape index (κ3) is 3.23. The van der Waals surface area contributed by atoms with Crippen molar-refractivity contribution in [3.05, 3.63) is 29.6 Å². The van der Waals surface area contributed by atoms with E-state index in [9.17, 15) is 18.4 Å². The maximum atomic E-state index is 14.2. The maximum absolute atomic E-state index is 14.2. The SMILES string of the molecule is C[C@H]1CC[C@@H](c2nc3c4cc(F)cc(F)c4nc(N)n3n2)CN1C(=O)C1CC(=O)N(C)C1. The molecule has 3 atom stereocenters. The number of nitrogen functional groups attached to an aromatic ring is 1. The number of amides is 2. The molecule has 1 aromatic carbocycles. The summed E-state index contributed by atoms with van der Waals surface area (Å²) in [4.78, 5) is 37.0. The molecule has 2 saturated heterocycles. The van der Waals surface area contributed by atoms with Crippen molar-refractivity contribution in [2.45, 2.75) is 38.1 Å². The van der Waals surface area contributed by atoms with Crippen LogP contribution < -0.4 is 5.73 Å². The number of halogens is 2. The number of benzene rings is 1. The van der Waals surface area contributed by atoms with Crippen LogP contribution in [0.2, 0.25) is 0 Å². The van der Waals surface area contributed by atoms with Gasteiger partial charge in [-0.1, -0.05) is 0 Å². The Kier molecular flexibility index (Phi) is 4.72. The lowest BCUT2D eigenvalue weighted by molar-refractivity contribution is -0.139. The van der Waals surface area contributed by atoms with Crippen LogP contribution in [0.3, 0.4) is 0 Å². The minimum Gasteiger partial charge on any atom is -0.368 e. The molecule has 0 radical (unpaired) electrons. The van der Waals surface area contributed by atoms with Crippen LogP contribution in [0.4, 0.5) is 14.7 Å². The van der Waals surface area contributed by atoms with Gasteiger partial charge in [0.1, 0.15) is 11.3 Å². The Balaban J connectivity index is 1.48. The van der Waals surface area contributed by atoms with Crippen LogP contribution in [0.25, 0.3) is 16.6 Å². The highest BCUT2D eigenvalue weighted by Gasteiger charge is 2.39. The van der Waals surface area contributed by atoms with Crippen LogP contribution in [0.5, 0.6) is 0 Å². The van der Waals surface area contributed by atoms with Crippen LogP contribution in [0.15, 0.2) is 12.1 Å². The van der Waals surface area contributed by atoms with E-state index in [0.29, 0.717) is 18.9 Å². The number of nitrogens with two attached hydrogens (primary N) is 1. The van der Waals surface area contributed by atoms with Gasteiger partial charge in [-0.05, 0) is 25.8 Å². The summed E-state index contributed by atoms with van der Waals surface area (Å²) in [6.07, 6.45) is 1.72. The lowest BCUT2D eigenvalue weighted by atomic mass is 9.91. The molecule has 168 valence electrons. The Morgan fingerprint density at radius 3 is 2.69 bits per heavy atom. The fraction of sp³-hybridized carbons (Fsp3) is 0.476. The monoisotopic (exact) mass is 443 g/mol. The molecule has 32 heavy (non-hydrogen) atoms. The Morgan fingerprint density at radius 1 is 1.19 bits per heavy atom. The zero-order valence-corrected chi connectivity index (χ0v) is 17.8. The van der Waals surface area contributed by atoms with E-state index < -0.39 is 11.6 Å². The second-order valence-corrected chi connectivity index (χ2v) is 8.75. The van der Waals surface area contributed by atoms with Crippen molar-refractivity contribution in [2.75, 3.05) is 25.9 Å². The molecule has 11 heteroatoms. The third-order valence-corrected chi connectivity index (χ3v) is 6.56. The molecule has 2 fully saturated rings. The van der Waals surface area contributed by atoms with Crippen molar-refractivity contribution in [3.63, 3.8) is 0 Å². The number of likely N-dealkylation sites (tertiary alicyclic amines) is 2. The first-order chi connectivity index (χ1) is 15.2. The van der Waals surface area contributed by atoms with E-state index in [1.54, 1.807) is 16.8 Å². The van der Waals surface area contributed by atoms with Crippen LogP contribution in [-0.4, -0.2) is 67.4 Å². The molecule has 1 unspecified atom stereocenters. The van der Waals surface area contributed by atoms with Crippen molar-refractivity contribution in [2.24, 2.45) is 5.92 Å². The van der Waals surface area contributed by atoms with E-state index in [1.165, 1.54) is 4.52 Å². The lowest BCUT2D eigenvalue weighted by Crippen LogP contribution is -2.48. The summed E-state index contributed by atoms with van der Waals surface area (Å²) in [5, 5.41) is 4.64. The van der Waals surface area contributed by atoms with E-state index in [4.69, 9.17) is 5.73 Å². The number of nitrogens with zero attached hydrogens (tertiary/aromatic N) is 6. The number of carbonyl (C=O) groups is 2. The van der Waals surface area contributed by atoms with Crippen LogP contribution in [0.1, 0.15) is 37.9 Å². The summed E-state index contributed by atoms with van der Waals surface area (Å²) in [6.45, 7) is 2.81. The van der Waals surface area contributed by atoms with E-state index >= 15 is 0 Å². The van der Waals surface area contributed by atoms with E-state index in [0.717, 1.165) is 25.0 Å². The molecule has 0 aliphatic carbocycles. The molecular weight excluding hydrogens is 420 g/mol. The van der Waals surface area contributed by atoms with Gasteiger partial charge < -0.3 is 15.5 Å². The number of hydrogen-bond donors (Lipinski definition) is 1. The summed E-state index contributed by atoms with van der Waals surface area (Å²) < 4.78 is 29.3. The van der Waals surface area contributed by atoms with Crippen molar-refractivity contribution >= 4 is 34.3 Å². The van der Waals surface area contributed by atoms with Crippen LogP contribution >= 0.6 is 0 Å². The highest BCUT2D eigenvalue weighted by atomic mass is 19.1. The van der Waals surface area contributed by atoms with Crippen LogP contribution in [0, 0.1) is 17.6 Å². The zero-order valence-electron chi connectivity index (χ0n) is 17.8. The third-order valence-electron chi connectivity index (χ3n) is 6.56. The van der Waals surface area contributed by atoms with E-state index in [2.05, 4.69) is 15.1 Å². The Labute approximate surface area is 182 Å². The molecule has 2 amide bonds. The Bertz CT molecular complexity index is 1260. The van der Waals surface area contributed by atoms with E-state index in [1.807, 2.05) is 6.92 Å². The van der Waals surface area contributed by atoms with Crippen molar-refractivity contribution in [3.8, 4) is 0 Å². The lowest BCUT2D eigenvalue weighted by Gasteiger charge is -2.38. The van der Waals surface area contributed by atoms with Gasteiger partial charge in [0.15, 0.2) is 17.3 Å². The molecule has 2 N–H and O–H groups in total. The van der Waals surface area contributed by atoms with Gasteiger partial charge in [0.25, 0.3) is 0 Å². The minimum atomic E-state index is -0.821. The fourth-order valence-electron chi connectivity index (χ4n) is 4.74. The van der Waals surface area contributed by atoms with Gasteiger partial charge in [-0.15, -0.1) is 5.10 Å². The molecule has 9 nitrogen and oxygen atoms in total. The molecule has 5 rings (SSSR count). The highest BCUT2D eigenvalue weighted by molar-refractivity contribution is 5.92. The summed E-state index contributed by atoms with van der Waals surface area (Å²) in [5.41, 5.74) is 6.12. The van der Waals surface area contributed by atoms with Gasteiger partial charge in [0.05, 0.1) is 11.3 Å². The summed E-state index contributed by atoms with van der Waals surface area (Å²) >= 11 is 0. The van der Waals surface area contributed by atoms with Gasteiger partial charge in [0.2, 0.25) is 17.8 Å². The fourth-order valence-corrected chi connectivity index (χ4v) is 4.74. The normalized spacial score (nSPS) is 24.1. The van der Waals surface area contributed by atoms with Gasteiger partial charge in [-0.2, -0.15) is 4.52 Å². The first-order valence-corrected chi connectivity index (χ1v) is 10.6. The minimum absolute atomic E-state index is 0.0269. The second-order valence-electron chi connectivity index (χ2n) is 8.75. The standard InChI is InChI=1S/C21H23F2N7O2/c1-10-3-4-11(9-29(10)20(32)12-5-16(31)28(2)8-12)18-26-19-14-6-13(22)7-15(23)17(14)25-21(24)30(19)27-18/h6-7,10-12H,3-5,8-9H2,1-2H3,(H2,24,25)/t10-,11+,12?/m0/s1. The number of aromatic nitrogens is 4. The Hall–Kier alpha value is -3.37. The molecule has 4 heterocycles. The molecule has 0 spiro atoms. The first-order valence-electron chi connectivity index (χ1n) is 10.6. The molecule has 0 saturated carbocycles. The van der Waals surface area contributed by atoms with Gasteiger partial charge in [0, 0.05) is 44.6 Å². The van der Waals surface area contributed by atoms with Gasteiger partial charge in [-0.25, -0.2) is 18.7 Å². The molecule has 2 aliphatic rings. The van der Waals surface area contributed by atoms with E-state index in [-0.39, 0.29) is 58.6 Å². The summed E-state index contributed by atoms with van der Waals surface area (Å²) in [5.74, 6) is -1.76. The molecule has 3 aromatic rings. The molecular formula is C21H23F2N7O2. The number of piperidine rings is 1. The number of carbonyl (C=O) groups excluding carboxylic acids is 2. The van der Waals surface area contributed by atoms with Crippen molar-refractivity contribution in [1.29, 1.82) is 0 Å². The predicted octanol–water partition coefficient (Wildman–Crippen LogP) is 1.71.